The van der Waals surface area contributed by atoms with E-state index >= 15 is 0 Å². The average Bonchev–Trinajstić information content (AvgIpc) is 3.57. The molecular formula is C32H31F3N6O3. The molecule has 2 aromatic carbocycles. The second-order valence-electron chi connectivity index (χ2n) is 11.4. The van der Waals surface area contributed by atoms with Crippen molar-refractivity contribution in [1.29, 1.82) is 0 Å². The number of benzene rings is 2. The zero-order valence-electron chi connectivity index (χ0n) is 24.8. The summed E-state index contributed by atoms with van der Waals surface area (Å²) in [4.78, 5) is 34.8. The van der Waals surface area contributed by atoms with Crippen molar-refractivity contribution in [3.05, 3.63) is 83.6 Å². The van der Waals surface area contributed by atoms with E-state index in [1.54, 1.807) is 59.3 Å². The van der Waals surface area contributed by atoms with Gasteiger partial charge in [-0.05, 0) is 82.1 Å². The van der Waals surface area contributed by atoms with Gasteiger partial charge in [-0.2, -0.15) is 18.3 Å². The first-order valence-corrected chi connectivity index (χ1v) is 13.9. The quantitative estimate of drug-likeness (QED) is 0.221. The van der Waals surface area contributed by atoms with E-state index < -0.39 is 30.5 Å². The predicted octanol–water partition coefficient (Wildman–Crippen LogP) is 6.43. The van der Waals surface area contributed by atoms with Crippen LogP contribution in [0, 0.1) is 6.92 Å². The monoisotopic (exact) mass is 604 g/mol. The van der Waals surface area contributed by atoms with Crippen molar-refractivity contribution in [2.24, 2.45) is 0 Å². The number of pyridine rings is 1. The average molecular weight is 605 g/mol. The maximum absolute atomic E-state index is 13.4. The number of aromatic nitrogens is 4. The largest absolute Gasteiger partial charge is 0.437 e. The fourth-order valence-corrected chi connectivity index (χ4v) is 4.86. The number of amides is 2. The summed E-state index contributed by atoms with van der Waals surface area (Å²) in [5.74, 6) is 0.122. The molecule has 0 unspecified atom stereocenters. The molecule has 0 fully saturated rings. The molecule has 5 aromatic rings. The smallest absolute Gasteiger partial charge is 0.389 e. The fraction of sp³-hybridized carbons (Fsp3) is 0.281. The van der Waals surface area contributed by atoms with Crippen molar-refractivity contribution >= 4 is 22.9 Å². The minimum absolute atomic E-state index is 0.0253. The van der Waals surface area contributed by atoms with Gasteiger partial charge in [-0.15, -0.1) is 0 Å². The van der Waals surface area contributed by atoms with Gasteiger partial charge >= 0.3 is 6.18 Å². The van der Waals surface area contributed by atoms with Crippen LogP contribution < -0.4 is 10.6 Å². The summed E-state index contributed by atoms with van der Waals surface area (Å²) in [5, 5.41) is 10.0. The molecule has 9 nitrogen and oxygen atoms in total. The Labute approximate surface area is 251 Å². The highest BCUT2D eigenvalue weighted by Gasteiger charge is 2.29. The Hall–Kier alpha value is -5.00. The lowest BCUT2D eigenvalue weighted by molar-refractivity contribution is -0.134. The summed E-state index contributed by atoms with van der Waals surface area (Å²) in [7, 11) is 1.48. The van der Waals surface area contributed by atoms with Crippen molar-refractivity contribution in [1.82, 2.24) is 30.4 Å². The number of hydrogen-bond donors (Lipinski definition) is 2. The van der Waals surface area contributed by atoms with Crippen molar-refractivity contribution in [2.75, 3.05) is 7.05 Å². The third-order valence-electron chi connectivity index (χ3n) is 6.88. The maximum atomic E-state index is 13.4. The van der Waals surface area contributed by atoms with E-state index in [2.05, 4.69) is 25.7 Å². The summed E-state index contributed by atoms with van der Waals surface area (Å²) in [6.45, 7) is 7.36. The first-order chi connectivity index (χ1) is 20.7. The third-order valence-corrected chi connectivity index (χ3v) is 6.88. The molecule has 3 aromatic heterocycles. The zero-order valence-corrected chi connectivity index (χ0v) is 24.8. The van der Waals surface area contributed by atoms with E-state index in [4.69, 9.17) is 4.42 Å². The van der Waals surface area contributed by atoms with Gasteiger partial charge in [0.25, 0.3) is 11.8 Å². The first kappa shape index (κ1) is 30.5. The van der Waals surface area contributed by atoms with Crippen LogP contribution >= 0.6 is 0 Å². The molecule has 0 saturated heterocycles. The van der Waals surface area contributed by atoms with Gasteiger partial charge in [-0.1, -0.05) is 12.1 Å². The van der Waals surface area contributed by atoms with Crippen LogP contribution in [0.15, 0.2) is 65.3 Å². The van der Waals surface area contributed by atoms with Crippen molar-refractivity contribution in [3.8, 4) is 28.1 Å². The number of halogens is 3. The highest BCUT2D eigenvalue weighted by Crippen LogP contribution is 2.38. The lowest BCUT2D eigenvalue weighted by atomic mass is 9.96. The SMILES string of the molecule is CNC(=O)c1c(-c2ccc(-n3ncnc3C)cc2)oc2nc(CCC(F)(F)F)c(-c3cccc(C(=O)NC(C)(C)C)c3)cc12. The Morgan fingerprint density at radius 3 is 2.32 bits per heavy atom. The van der Waals surface area contributed by atoms with Gasteiger partial charge in [0.1, 0.15) is 17.9 Å². The van der Waals surface area contributed by atoms with Gasteiger partial charge in [0, 0.05) is 35.7 Å². The molecule has 0 aliphatic carbocycles. The minimum Gasteiger partial charge on any atom is -0.437 e. The number of carbonyl (C=O) groups excluding carboxylic acids is 2. The molecule has 5 rings (SSSR count). The number of furan rings is 1. The number of nitrogens with one attached hydrogen (secondary N) is 2. The fourth-order valence-electron chi connectivity index (χ4n) is 4.86. The van der Waals surface area contributed by atoms with Gasteiger partial charge in [-0.25, -0.2) is 14.6 Å². The number of hydrogen-bond acceptors (Lipinski definition) is 6. The summed E-state index contributed by atoms with van der Waals surface area (Å²) < 4.78 is 47.8. The van der Waals surface area contributed by atoms with Crippen LogP contribution in [0.4, 0.5) is 13.2 Å². The summed E-state index contributed by atoms with van der Waals surface area (Å²) in [5.41, 5.74) is 2.33. The predicted molar refractivity (Wildman–Crippen MR) is 160 cm³/mol. The van der Waals surface area contributed by atoms with Gasteiger partial charge < -0.3 is 15.1 Å². The number of alkyl halides is 3. The lowest BCUT2D eigenvalue weighted by Crippen LogP contribution is -2.40. The van der Waals surface area contributed by atoms with Crippen LogP contribution in [-0.4, -0.2) is 50.3 Å². The number of aryl methyl sites for hydroxylation is 2. The van der Waals surface area contributed by atoms with Gasteiger partial charge in [0.2, 0.25) is 5.71 Å². The van der Waals surface area contributed by atoms with E-state index in [0.29, 0.717) is 33.5 Å². The lowest BCUT2D eigenvalue weighted by Gasteiger charge is -2.20. The third kappa shape index (κ3) is 6.48. The Morgan fingerprint density at radius 1 is 0.977 bits per heavy atom. The zero-order chi connectivity index (χ0) is 31.8. The van der Waals surface area contributed by atoms with Crippen molar-refractivity contribution in [2.45, 2.75) is 52.3 Å². The molecule has 12 heteroatoms. The highest BCUT2D eigenvalue weighted by molar-refractivity contribution is 6.11. The van der Waals surface area contributed by atoms with E-state index in [0.717, 1.165) is 5.69 Å². The number of carbonyl (C=O) groups is 2. The highest BCUT2D eigenvalue weighted by atomic mass is 19.4. The van der Waals surface area contributed by atoms with E-state index in [-0.39, 0.29) is 28.6 Å². The normalized spacial score (nSPS) is 12.0. The second kappa shape index (κ2) is 11.6. The van der Waals surface area contributed by atoms with Gasteiger partial charge in [0.15, 0.2) is 0 Å². The molecule has 0 bridgehead atoms. The Bertz CT molecular complexity index is 1850. The van der Waals surface area contributed by atoms with Crippen molar-refractivity contribution in [3.63, 3.8) is 0 Å². The molecule has 0 spiro atoms. The van der Waals surface area contributed by atoms with Gasteiger partial charge in [-0.3, -0.25) is 9.59 Å². The van der Waals surface area contributed by atoms with Crippen LogP contribution in [0.25, 0.3) is 39.2 Å². The molecule has 228 valence electrons. The summed E-state index contributed by atoms with van der Waals surface area (Å²) >= 11 is 0. The molecule has 0 aliphatic rings. The first-order valence-electron chi connectivity index (χ1n) is 13.9. The molecule has 0 radical (unpaired) electrons. The second-order valence-corrected chi connectivity index (χ2v) is 11.4. The molecular weight excluding hydrogens is 573 g/mol. The van der Waals surface area contributed by atoms with Gasteiger partial charge in [0.05, 0.1) is 22.3 Å². The Kier molecular flexibility index (Phi) is 8.02. The molecule has 3 heterocycles. The molecule has 0 saturated carbocycles. The van der Waals surface area contributed by atoms with Crippen LogP contribution in [0.5, 0.6) is 0 Å². The maximum Gasteiger partial charge on any atom is 0.389 e. The van der Waals surface area contributed by atoms with Crippen LogP contribution in [0.3, 0.4) is 0 Å². The van der Waals surface area contributed by atoms with Crippen LogP contribution in [0.2, 0.25) is 0 Å². The van der Waals surface area contributed by atoms with E-state index in [1.165, 1.54) is 13.4 Å². The topological polar surface area (TPSA) is 115 Å². The summed E-state index contributed by atoms with van der Waals surface area (Å²) in [6.07, 6.45) is -4.52. The number of nitrogens with zero attached hydrogens (tertiary/aromatic N) is 4. The van der Waals surface area contributed by atoms with Crippen LogP contribution in [0.1, 0.15) is 59.4 Å². The number of fused-ring (bicyclic) bond motifs is 1. The Morgan fingerprint density at radius 2 is 1.70 bits per heavy atom. The Balaban J connectivity index is 1.67. The number of rotatable bonds is 7. The van der Waals surface area contributed by atoms with E-state index in [1.807, 2.05) is 27.7 Å². The molecule has 44 heavy (non-hydrogen) atoms. The summed E-state index contributed by atoms with van der Waals surface area (Å²) in [6, 6.07) is 15.3. The van der Waals surface area contributed by atoms with Crippen LogP contribution in [-0.2, 0) is 6.42 Å². The standard InChI is InChI=1S/C32H31F3N6O3/c1-18-37-17-38-41(18)22-11-9-19(10-12-22)27-26(29(43)36-5)24-16-23(25(39-30(24)44-27)13-14-32(33,34)35)20-7-6-8-21(15-20)28(42)40-31(2,3)4/h6-12,15-17H,13-14H2,1-5H3,(H,36,43)(H,40,42). The molecule has 2 amide bonds. The van der Waals surface area contributed by atoms with E-state index in [9.17, 15) is 22.8 Å². The molecule has 0 atom stereocenters. The molecule has 2 N–H and O–H groups in total. The van der Waals surface area contributed by atoms with Crippen molar-refractivity contribution < 1.29 is 27.2 Å². The molecule has 0 aliphatic heterocycles. The minimum atomic E-state index is -4.42.